The molecule has 100 valence electrons. The maximum absolute atomic E-state index is 11.5. The van der Waals surface area contributed by atoms with E-state index in [1.54, 1.807) is 0 Å². The zero-order valence-corrected chi connectivity index (χ0v) is 11.3. The van der Waals surface area contributed by atoms with Gasteiger partial charge in [0.15, 0.2) is 0 Å². The van der Waals surface area contributed by atoms with Crippen molar-refractivity contribution in [2.75, 3.05) is 13.1 Å². The number of halogens is 1. The summed E-state index contributed by atoms with van der Waals surface area (Å²) in [5.74, 6) is 0.0635. The van der Waals surface area contributed by atoms with Gasteiger partial charge in [-0.15, -0.1) is 11.6 Å². The Balaban J connectivity index is 2.18. The van der Waals surface area contributed by atoms with Gasteiger partial charge in [0.2, 0.25) is 5.91 Å². The van der Waals surface area contributed by atoms with E-state index in [9.17, 15) is 4.79 Å². The first-order valence-corrected chi connectivity index (χ1v) is 6.83. The molecule has 3 N–H and O–H groups in total. The molecule has 0 saturated carbocycles. The van der Waals surface area contributed by atoms with Gasteiger partial charge in [-0.25, -0.2) is 0 Å². The zero-order valence-electron chi connectivity index (χ0n) is 10.6. The first-order chi connectivity index (χ1) is 8.74. The Kier molecular flexibility index (Phi) is 7.46. The maximum atomic E-state index is 11.5. The minimum Gasteiger partial charge on any atom is -0.354 e. The third-order valence-electron chi connectivity index (χ3n) is 2.75. The van der Waals surface area contributed by atoms with Crippen LogP contribution in [-0.4, -0.2) is 19.0 Å². The average molecular weight is 269 g/mol. The van der Waals surface area contributed by atoms with E-state index in [1.807, 2.05) is 30.3 Å². The number of nitrogens with two attached hydrogens (primary N) is 1. The number of alkyl halides is 1. The van der Waals surface area contributed by atoms with Crippen molar-refractivity contribution in [1.29, 1.82) is 0 Å². The van der Waals surface area contributed by atoms with Crippen molar-refractivity contribution >= 4 is 17.5 Å². The molecule has 1 rings (SSSR count). The molecule has 0 bridgehead atoms. The van der Waals surface area contributed by atoms with E-state index in [2.05, 4.69) is 5.32 Å². The van der Waals surface area contributed by atoms with E-state index < -0.39 is 0 Å². The molecule has 1 aromatic rings. The van der Waals surface area contributed by atoms with E-state index in [4.69, 9.17) is 17.3 Å². The van der Waals surface area contributed by atoms with Crippen molar-refractivity contribution < 1.29 is 4.79 Å². The van der Waals surface area contributed by atoms with Gasteiger partial charge >= 0.3 is 0 Å². The van der Waals surface area contributed by atoms with Crippen molar-refractivity contribution in [3.63, 3.8) is 0 Å². The van der Waals surface area contributed by atoms with Gasteiger partial charge in [0.25, 0.3) is 0 Å². The first-order valence-electron chi connectivity index (χ1n) is 6.40. The van der Waals surface area contributed by atoms with Crippen LogP contribution in [0.25, 0.3) is 0 Å². The Bertz CT molecular complexity index is 343. The van der Waals surface area contributed by atoms with Gasteiger partial charge < -0.3 is 11.1 Å². The molecular weight excluding hydrogens is 248 g/mol. The summed E-state index contributed by atoms with van der Waals surface area (Å²) >= 11 is 6.20. The van der Waals surface area contributed by atoms with E-state index in [0.717, 1.165) is 24.8 Å². The molecule has 0 spiro atoms. The molecule has 1 aromatic carbocycles. The largest absolute Gasteiger partial charge is 0.354 e. The number of carbonyl (C=O) groups is 1. The smallest absolute Gasteiger partial charge is 0.220 e. The third kappa shape index (κ3) is 6.03. The van der Waals surface area contributed by atoms with Crippen molar-refractivity contribution in [1.82, 2.24) is 5.32 Å². The van der Waals surface area contributed by atoms with Crippen LogP contribution in [0.5, 0.6) is 0 Å². The molecule has 0 aromatic heterocycles. The molecule has 1 unspecified atom stereocenters. The Morgan fingerprint density at radius 3 is 2.61 bits per heavy atom. The van der Waals surface area contributed by atoms with Crippen LogP contribution in [0.2, 0.25) is 0 Å². The normalized spacial score (nSPS) is 12.1. The number of nitrogens with one attached hydrogen (secondary N) is 1. The third-order valence-corrected chi connectivity index (χ3v) is 3.15. The fourth-order valence-electron chi connectivity index (χ4n) is 1.68. The van der Waals surface area contributed by atoms with Crippen LogP contribution in [0.4, 0.5) is 0 Å². The lowest BCUT2D eigenvalue weighted by molar-refractivity contribution is -0.121. The second kappa shape index (κ2) is 8.95. The standard InChI is InChI=1S/C14H21ClN2O/c15-13(12-7-3-1-4-8-12)11-17-14(18)9-5-2-6-10-16/h1,3-4,7-8,13H,2,5-6,9-11,16H2,(H,17,18). The van der Waals surface area contributed by atoms with Gasteiger partial charge in [-0.3, -0.25) is 4.79 Å². The van der Waals surface area contributed by atoms with Crippen LogP contribution in [0.1, 0.15) is 36.6 Å². The highest BCUT2D eigenvalue weighted by atomic mass is 35.5. The minimum atomic E-state index is -0.167. The van der Waals surface area contributed by atoms with Crippen LogP contribution in [-0.2, 0) is 4.79 Å². The second-order valence-corrected chi connectivity index (χ2v) is 4.81. The molecular formula is C14H21ClN2O. The van der Waals surface area contributed by atoms with Gasteiger partial charge in [0.1, 0.15) is 0 Å². The molecule has 0 saturated heterocycles. The molecule has 0 aliphatic carbocycles. The Labute approximate surface area is 114 Å². The second-order valence-electron chi connectivity index (χ2n) is 4.28. The fraction of sp³-hybridized carbons (Fsp3) is 0.500. The van der Waals surface area contributed by atoms with Crippen molar-refractivity contribution in [2.45, 2.75) is 31.1 Å². The fourth-order valence-corrected chi connectivity index (χ4v) is 1.90. The van der Waals surface area contributed by atoms with E-state index in [-0.39, 0.29) is 11.3 Å². The molecule has 0 radical (unpaired) electrons. The molecule has 4 heteroatoms. The van der Waals surface area contributed by atoms with E-state index >= 15 is 0 Å². The monoisotopic (exact) mass is 268 g/mol. The highest BCUT2D eigenvalue weighted by molar-refractivity contribution is 6.21. The molecule has 0 heterocycles. The Morgan fingerprint density at radius 2 is 1.94 bits per heavy atom. The van der Waals surface area contributed by atoms with Crippen LogP contribution >= 0.6 is 11.6 Å². The summed E-state index contributed by atoms with van der Waals surface area (Å²) in [4.78, 5) is 11.5. The first kappa shape index (κ1) is 15.0. The molecule has 18 heavy (non-hydrogen) atoms. The number of rotatable bonds is 8. The van der Waals surface area contributed by atoms with Crippen molar-refractivity contribution in [3.05, 3.63) is 35.9 Å². The van der Waals surface area contributed by atoms with Gasteiger partial charge in [-0.1, -0.05) is 36.8 Å². The van der Waals surface area contributed by atoms with Crippen LogP contribution in [0.3, 0.4) is 0 Å². The van der Waals surface area contributed by atoms with Crippen LogP contribution < -0.4 is 11.1 Å². The van der Waals surface area contributed by atoms with Crippen LogP contribution in [0.15, 0.2) is 30.3 Å². The number of benzene rings is 1. The molecule has 1 amide bonds. The highest BCUT2D eigenvalue weighted by Crippen LogP contribution is 2.18. The summed E-state index contributed by atoms with van der Waals surface area (Å²) in [6.45, 7) is 1.17. The lowest BCUT2D eigenvalue weighted by atomic mass is 10.1. The van der Waals surface area contributed by atoms with Crippen molar-refractivity contribution in [3.8, 4) is 0 Å². The topological polar surface area (TPSA) is 55.1 Å². The molecule has 1 atom stereocenters. The number of hydrogen-bond donors (Lipinski definition) is 2. The molecule has 0 aliphatic rings. The van der Waals surface area contributed by atoms with Gasteiger partial charge in [0.05, 0.1) is 5.38 Å². The predicted octanol–water partition coefficient (Wildman–Crippen LogP) is 2.60. The van der Waals surface area contributed by atoms with Gasteiger partial charge in [-0.2, -0.15) is 0 Å². The average Bonchev–Trinajstić information content (AvgIpc) is 2.42. The van der Waals surface area contributed by atoms with E-state index in [1.165, 1.54) is 0 Å². The Hall–Kier alpha value is -1.06. The summed E-state index contributed by atoms with van der Waals surface area (Å²) in [6.07, 6.45) is 3.43. The minimum absolute atomic E-state index is 0.0635. The van der Waals surface area contributed by atoms with Crippen LogP contribution in [0, 0.1) is 0 Å². The summed E-state index contributed by atoms with van der Waals surface area (Å²) in [5.41, 5.74) is 6.42. The number of hydrogen-bond acceptors (Lipinski definition) is 2. The summed E-state index contributed by atoms with van der Waals surface area (Å²) in [7, 11) is 0. The Morgan fingerprint density at radius 1 is 1.22 bits per heavy atom. The SMILES string of the molecule is NCCCCCC(=O)NCC(Cl)c1ccccc1. The number of amides is 1. The number of carbonyl (C=O) groups excluding carboxylic acids is 1. The van der Waals surface area contributed by atoms with Crippen molar-refractivity contribution in [2.24, 2.45) is 5.73 Å². The van der Waals surface area contributed by atoms with Gasteiger partial charge in [0, 0.05) is 13.0 Å². The zero-order chi connectivity index (χ0) is 13.2. The number of unbranched alkanes of at least 4 members (excludes halogenated alkanes) is 2. The van der Waals surface area contributed by atoms with E-state index in [0.29, 0.717) is 19.5 Å². The summed E-state index contributed by atoms with van der Waals surface area (Å²) in [6, 6.07) is 9.76. The molecule has 0 aliphatic heterocycles. The molecule has 0 fully saturated rings. The molecule has 3 nitrogen and oxygen atoms in total. The summed E-state index contributed by atoms with van der Waals surface area (Å²) < 4.78 is 0. The highest BCUT2D eigenvalue weighted by Gasteiger charge is 2.08. The lowest BCUT2D eigenvalue weighted by Crippen LogP contribution is -2.26. The maximum Gasteiger partial charge on any atom is 0.220 e. The summed E-state index contributed by atoms with van der Waals surface area (Å²) in [5, 5.41) is 2.69. The quantitative estimate of drug-likeness (QED) is 0.562. The predicted molar refractivity (Wildman–Crippen MR) is 75.6 cm³/mol. The van der Waals surface area contributed by atoms with Gasteiger partial charge in [-0.05, 0) is 24.9 Å². The lowest BCUT2D eigenvalue weighted by Gasteiger charge is -2.11.